The summed E-state index contributed by atoms with van der Waals surface area (Å²) in [4.78, 5) is 16.4. The van der Waals surface area contributed by atoms with E-state index < -0.39 is 17.6 Å². The zero-order valence-electron chi connectivity index (χ0n) is 12.4. The lowest BCUT2D eigenvalue weighted by molar-refractivity contribution is -0.138. The average molecular weight is 323 g/mol. The van der Waals surface area contributed by atoms with E-state index in [1.807, 2.05) is 4.57 Å². The van der Waals surface area contributed by atoms with Crippen LogP contribution in [0.4, 0.5) is 13.2 Å². The Labute approximate surface area is 131 Å². The minimum absolute atomic E-state index is 0.0392. The first kappa shape index (κ1) is 15.6. The van der Waals surface area contributed by atoms with Gasteiger partial charge in [-0.1, -0.05) is 18.2 Å². The fourth-order valence-electron chi connectivity index (χ4n) is 2.74. The highest BCUT2D eigenvalue weighted by molar-refractivity contribution is 5.92. The molecule has 122 valence electrons. The predicted octanol–water partition coefficient (Wildman–Crippen LogP) is 3.17. The number of imidazole rings is 1. The van der Waals surface area contributed by atoms with Gasteiger partial charge in [0.15, 0.2) is 0 Å². The van der Waals surface area contributed by atoms with Gasteiger partial charge < -0.3 is 9.88 Å². The number of benzene rings is 1. The van der Waals surface area contributed by atoms with Gasteiger partial charge in [0.05, 0.1) is 5.56 Å². The minimum Gasteiger partial charge on any atom is -0.347 e. The number of carbonyl (C=O) groups is 1. The molecule has 23 heavy (non-hydrogen) atoms. The molecule has 0 unspecified atom stereocenters. The maximum Gasteiger partial charge on any atom is 0.416 e. The highest BCUT2D eigenvalue weighted by atomic mass is 19.4. The monoisotopic (exact) mass is 323 g/mol. The van der Waals surface area contributed by atoms with Gasteiger partial charge in [-0.15, -0.1) is 0 Å². The number of hydrogen-bond acceptors (Lipinski definition) is 2. The predicted molar refractivity (Wildman–Crippen MR) is 77.8 cm³/mol. The van der Waals surface area contributed by atoms with E-state index in [0.29, 0.717) is 0 Å². The number of aryl methyl sites for hydroxylation is 2. The number of amides is 1. The lowest BCUT2D eigenvalue weighted by Gasteiger charge is -2.12. The molecule has 2 aromatic rings. The van der Waals surface area contributed by atoms with Crippen molar-refractivity contribution in [2.75, 3.05) is 0 Å². The molecule has 0 spiro atoms. The topological polar surface area (TPSA) is 46.9 Å². The summed E-state index contributed by atoms with van der Waals surface area (Å²) in [6, 6.07) is 5.22. The van der Waals surface area contributed by atoms with Gasteiger partial charge >= 0.3 is 6.18 Å². The Kier molecular flexibility index (Phi) is 4.11. The molecule has 7 heteroatoms. The summed E-state index contributed by atoms with van der Waals surface area (Å²) in [6.45, 7) is 0.642. The molecular weight excluding hydrogens is 307 g/mol. The van der Waals surface area contributed by atoms with Crippen molar-refractivity contribution >= 4 is 5.91 Å². The smallest absolute Gasteiger partial charge is 0.347 e. The molecule has 1 aromatic carbocycles. The number of hydrogen-bond donors (Lipinski definition) is 1. The van der Waals surface area contributed by atoms with Gasteiger partial charge in [-0.05, 0) is 24.5 Å². The number of nitrogens with one attached hydrogen (secondary N) is 1. The number of fused-ring (bicyclic) bond motifs is 1. The van der Waals surface area contributed by atoms with E-state index in [9.17, 15) is 18.0 Å². The van der Waals surface area contributed by atoms with E-state index in [1.165, 1.54) is 18.2 Å². The Balaban J connectivity index is 1.71. The van der Waals surface area contributed by atoms with Crippen molar-refractivity contribution in [3.63, 3.8) is 0 Å². The van der Waals surface area contributed by atoms with Crippen LogP contribution in [0, 0.1) is 0 Å². The van der Waals surface area contributed by atoms with Crippen molar-refractivity contribution in [2.24, 2.45) is 0 Å². The Morgan fingerprint density at radius 3 is 2.78 bits per heavy atom. The summed E-state index contributed by atoms with van der Waals surface area (Å²) in [7, 11) is 0. The van der Waals surface area contributed by atoms with Crippen LogP contribution < -0.4 is 5.32 Å². The van der Waals surface area contributed by atoms with Crippen LogP contribution in [0.25, 0.3) is 0 Å². The van der Waals surface area contributed by atoms with Gasteiger partial charge in [-0.3, -0.25) is 4.79 Å². The van der Waals surface area contributed by atoms with Gasteiger partial charge in [0.1, 0.15) is 11.5 Å². The summed E-state index contributed by atoms with van der Waals surface area (Å²) >= 11 is 0. The second-order valence-electron chi connectivity index (χ2n) is 5.53. The Morgan fingerprint density at radius 2 is 2.04 bits per heavy atom. The first-order valence-corrected chi connectivity index (χ1v) is 7.44. The van der Waals surface area contributed by atoms with Crippen LogP contribution in [0.1, 0.15) is 40.3 Å². The summed E-state index contributed by atoms with van der Waals surface area (Å²) in [5.41, 5.74) is -0.437. The molecule has 0 atom stereocenters. The van der Waals surface area contributed by atoms with Gasteiger partial charge in [0.25, 0.3) is 5.91 Å². The molecule has 0 bridgehead atoms. The van der Waals surface area contributed by atoms with Gasteiger partial charge in [0.2, 0.25) is 0 Å². The van der Waals surface area contributed by atoms with Crippen LogP contribution in [0.3, 0.4) is 0 Å². The van der Waals surface area contributed by atoms with Crippen molar-refractivity contribution in [2.45, 2.75) is 38.5 Å². The molecular formula is C16H16F3N3O. The van der Waals surface area contributed by atoms with E-state index in [-0.39, 0.29) is 17.8 Å². The highest BCUT2D eigenvalue weighted by Crippen LogP contribution is 2.31. The van der Waals surface area contributed by atoms with Crippen molar-refractivity contribution < 1.29 is 18.0 Å². The molecule has 0 radical (unpaired) electrons. The fourth-order valence-corrected chi connectivity index (χ4v) is 2.74. The third kappa shape index (κ3) is 3.38. The molecule has 2 heterocycles. The largest absolute Gasteiger partial charge is 0.416 e. The Hall–Kier alpha value is -2.31. The number of halogens is 3. The number of rotatable bonds is 3. The molecule has 1 amide bonds. The van der Waals surface area contributed by atoms with Gasteiger partial charge in [0, 0.05) is 25.7 Å². The summed E-state index contributed by atoms with van der Waals surface area (Å²) < 4.78 is 40.7. The molecule has 0 fully saturated rings. The molecule has 0 saturated heterocycles. The molecule has 1 aromatic heterocycles. The first-order chi connectivity index (χ1) is 10.9. The number of nitrogens with zero attached hydrogens (tertiary/aromatic N) is 2. The molecule has 0 aliphatic carbocycles. The van der Waals surface area contributed by atoms with E-state index >= 15 is 0 Å². The lowest BCUT2D eigenvalue weighted by Crippen LogP contribution is -2.24. The standard InChI is InChI=1S/C16H16F3N3O/c17-16(18,19)12-6-2-1-5-11(12)9-20-15(23)13-10-22-8-4-3-7-14(22)21-13/h1-2,5-6,10H,3-4,7-9H2,(H,20,23). The van der Waals surface area contributed by atoms with E-state index in [0.717, 1.165) is 37.7 Å². The second-order valence-corrected chi connectivity index (χ2v) is 5.53. The van der Waals surface area contributed by atoms with Crippen LogP contribution in [0.5, 0.6) is 0 Å². The number of carbonyl (C=O) groups excluding carboxylic acids is 1. The third-order valence-corrected chi connectivity index (χ3v) is 3.90. The van der Waals surface area contributed by atoms with E-state index in [4.69, 9.17) is 0 Å². The quantitative estimate of drug-likeness (QED) is 0.943. The van der Waals surface area contributed by atoms with Crippen molar-refractivity contribution in [1.29, 1.82) is 0 Å². The lowest BCUT2D eigenvalue weighted by atomic mass is 10.1. The van der Waals surface area contributed by atoms with Crippen LogP contribution in [0.2, 0.25) is 0 Å². The average Bonchev–Trinajstić information content (AvgIpc) is 2.96. The molecule has 1 aliphatic heterocycles. The van der Waals surface area contributed by atoms with E-state index in [1.54, 1.807) is 6.20 Å². The zero-order valence-corrected chi connectivity index (χ0v) is 12.4. The minimum atomic E-state index is -4.44. The maximum absolute atomic E-state index is 12.9. The molecule has 4 nitrogen and oxygen atoms in total. The van der Waals surface area contributed by atoms with Crippen molar-refractivity contribution in [3.8, 4) is 0 Å². The van der Waals surface area contributed by atoms with E-state index in [2.05, 4.69) is 10.3 Å². The maximum atomic E-state index is 12.9. The van der Waals surface area contributed by atoms with Crippen molar-refractivity contribution in [1.82, 2.24) is 14.9 Å². The van der Waals surface area contributed by atoms with Crippen LogP contribution in [0.15, 0.2) is 30.5 Å². The fraction of sp³-hybridized carbons (Fsp3) is 0.375. The molecule has 3 rings (SSSR count). The highest BCUT2D eigenvalue weighted by Gasteiger charge is 2.32. The number of alkyl halides is 3. The summed E-state index contributed by atoms with van der Waals surface area (Å²) in [5, 5.41) is 2.52. The second kappa shape index (κ2) is 6.06. The van der Waals surface area contributed by atoms with Crippen molar-refractivity contribution in [3.05, 3.63) is 53.1 Å². The molecule has 1 N–H and O–H groups in total. The first-order valence-electron chi connectivity index (χ1n) is 7.44. The molecule has 0 saturated carbocycles. The third-order valence-electron chi connectivity index (χ3n) is 3.90. The Bertz CT molecular complexity index is 698. The van der Waals surface area contributed by atoms with Crippen LogP contribution in [-0.2, 0) is 25.7 Å². The Morgan fingerprint density at radius 1 is 1.26 bits per heavy atom. The van der Waals surface area contributed by atoms with Crippen LogP contribution in [-0.4, -0.2) is 15.5 Å². The van der Waals surface area contributed by atoms with Gasteiger partial charge in [-0.25, -0.2) is 4.98 Å². The zero-order chi connectivity index (χ0) is 16.4. The van der Waals surface area contributed by atoms with Gasteiger partial charge in [-0.2, -0.15) is 13.2 Å². The SMILES string of the molecule is O=C(NCc1ccccc1C(F)(F)F)c1cn2c(n1)CCCC2. The number of aromatic nitrogens is 2. The molecule has 1 aliphatic rings. The summed E-state index contributed by atoms with van der Waals surface area (Å²) in [5.74, 6) is 0.404. The van der Waals surface area contributed by atoms with Crippen LogP contribution >= 0.6 is 0 Å². The summed E-state index contributed by atoms with van der Waals surface area (Å²) in [6.07, 6.45) is 0.138. The normalized spacial score (nSPS) is 14.4.